The molecule has 1 aromatic rings. The van der Waals surface area contributed by atoms with Gasteiger partial charge in [-0.15, -0.1) is 0 Å². The van der Waals surface area contributed by atoms with Crippen LogP contribution in [0.2, 0.25) is 0 Å². The normalized spacial score (nSPS) is 10.7. The molecule has 0 saturated heterocycles. The van der Waals surface area contributed by atoms with Crippen molar-refractivity contribution in [3.63, 3.8) is 0 Å². The lowest BCUT2D eigenvalue weighted by atomic mass is 10.5. The van der Waals surface area contributed by atoms with Gasteiger partial charge in [0.15, 0.2) is 5.13 Å². The van der Waals surface area contributed by atoms with Crippen molar-refractivity contribution in [2.45, 2.75) is 13.8 Å². The summed E-state index contributed by atoms with van der Waals surface area (Å²) in [6, 6.07) is 0. The van der Waals surface area contributed by atoms with Gasteiger partial charge < -0.3 is 10.2 Å². The maximum atomic E-state index is 10.4. The molecule has 90 valence electrons. The predicted molar refractivity (Wildman–Crippen MR) is 65.0 cm³/mol. The molecule has 0 radical (unpaired) electrons. The molecule has 0 amide bonds. The van der Waals surface area contributed by atoms with Crippen LogP contribution in [0.1, 0.15) is 13.8 Å². The topological polar surface area (TPSA) is 71.3 Å². The van der Waals surface area contributed by atoms with Crippen LogP contribution in [0, 0.1) is 10.1 Å². The number of rotatable bonds is 7. The maximum absolute atomic E-state index is 10.4. The van der Waals surface area contributed by atoms with Gasteiger partial charge in [0.2, 0.25) is 0 Å². The molecule has 0 bridgehead atoms. The third-order valence-electron chi connectivity index (χ3n) is 2.27. The van der Waals surface area contributed by atoms with Crippen molar-refractivity contribution < 1.29 is 4.92 Å². The van der Waals surface area contributed by atoms with Crippen LogP contribution in [0.25, 0.3) is 0 Å². The summed E-state index contributed by atoms with van der Waals surface area (Å²) in [5.41, 5.74) is 0. The van der Waals surface area contributed by atoms with Gasteiger partial charge in [0.1, 0.15) is 6.20 Å². The number of hydrogen-bond donors (Lipinski definition) is 1. The quantitative estimate of drug-likeness (QED) is 0.585. The SMILES string of the molecule is CCN(CC)CCNc1ncc([N+](=O)[O-])s1. The fraction of sp³-hybridized carbons (Fsp3) is 0.667. The number of likely N-dealkylation sites (N-methyl/N-ethyl adjacent to an activating group) is 1. The summed E-state index contributed by atoms with van der Waals surface area (Å²) in [5, 5.41) is 14.2. The second kappa shape index (κ2) is 6.39. The highest BCUT2D eigenvalue weighted by Gasteiger charge is 2.10. The van der Waals surface area contributed by atoms with Gasteiger partial charge in [-0.1, -0.05) is 13.8 Å². The van der Waals surface area contributed by atoms with E-state index in [1.54, 1.807) is 0 Å². The largest absolute Gasteiger partial charge is 0.360 e. The van der Waals surface area contributed by atoms with Gasteiger partial charge in [-0.05, 0) is 24.4 Å². The first-order valence-corrected chi connectivity index (χ1v) is 6.05. The average molecular weight is 244 g/mol. The molecular formula is C9H16N4O2S. The van der Waals surface area contributed by atoms with Crippen molar-refractivity contribution in [1.29, 1.82) is 0 Å². The first-order valence-electron chi connectivity index (χ1n) is 5.23. The molecule has 0 aliphatic rings. The zero-order valence-corrected chi connectivity index (χ0v) is 10.3. The Kier molecular flexibility index (Phi) is 5.13. The van der Waals surface area contributed by atoms with Crippen LogP contribution in [-0.4, -0.2) is 41.0 Å². The van der Waals surface area contributed by atoms with E-state index in [1.807, 2.05) is 0 Å². The van der Waals surface area contributed by atoms with E-state index in [4.69, 9.17) is 0 Å². The summed E-state index contributed by atoms with van der Waals surface area (Å²) in [7, 11) is 0. The van der Waals surface area contributed by atoms with E-state index in [9.17, 15) is 10.1 Å². The van der Waals surface area contributed by atoms with Crippen molar-refractivity contribution in [2.75, 3.05) is 31.5 Å². The van der Waals surface area contributed by atoms with Gasteiger partial charge in [-0.3, -0.25) is 10.1 Å². The number of anilines is 1. The smallest absolute Gasteiger partial charge is 0.345 e. The highest BCUT2D eigenvalue weighted by molar-refractivity contribution is 7.18. The van der Waals surface area contributed by atoms with E-state index >= 15 is 0 Å². The third-order valence-corrected chi connectivity index (χ3v) is 3.18. The van der Waals surface area contributed by atoms with Crippen LogP contribution >= 0.6 is 11.3 Å². The minimum Gasteiger partial charge on any atom is -0.360 e. The number of nitro groups is 1. The van der Waals surface area contributed by atoms with Crippen molar-refractivity contribution in [3.05, 3.63) is 16.3 Å². The van der Waals surface area contributed by atoms with Gasteiger partial charge in [0.25, 0.3) is 0 Å². The summed E-state index contributed by atoms with van der Waals surface area (Å²) in [6.07, 6.45) is 1.28. The Hall–Kier alpha value is -1.21. The predicted octanol–water partition coefficient (Wildman–Crippen LogP) is 1.80. The molecular weight excluding hydrogens is 228 g/mol. The van der Waals surface area contributed by atoms with Crippen LogP contribution in [0.15, 0.2) is 6.20 Å². The van der Waals surface area contributed by atoms with Crippen molar-refractivity contribution in [3.8, 4) is 0 Å². The second-order valence-corrected chi connectivity index (χ2v) is 4.22. The average Bonchev–Trinajstić information content (AvgIpc) is 2.73. The number of aromatic nitrogens is 1. The van der Waals surface area contributed by atoms with Crippen molar-refractivity contribution in [2.24, 2.45) is 0 Å². The molecule has 1 rings (SSSR count). The highest BCUT2D eigenvalue weighted by atomic mass is 32.1. The van der Waals surface area contributed by atoms with Gasteiger partial charge in [0, 0.05) is 13.1 Å². The summed E-state index contributed by atoms with van der Waals surface area (Å²) in [4.78, 5) is 16.2. The Bertz CT molecular complexity index is 338. The molecule has 1 N–H and O–H groups in total. The van der Waals surface area contributed by atoms with Crippen LogP contribution in [0.5, 0.6) is 0 Å². The van der Waals surface area contributed by atoms with Crippen molar-refractivity contribution in [1.82, 2.24) is 9.88 Å². The molecule has 0 fully saturated rings. The summed E-state index contributed by atoms with van der Waals surface area (Å²) >= 11 is 1.07. The van der Waals surface area contributed by atoms with Crippen LogP contribution in [-0.2, 0) is 0 Å². The summed E-state index contributed by atoms with van der Waals surface area (Å²) < 4.78 is 0. The molecule has 1 aromatic heterocycles. The van der Waals surface area contributed by atoms with Crippen LogP contribution in [0.3, 0.4) is 0 Å². The second-order valence-electron chi connectivity index (χ2n) is 3.21. The lowest BCUT2D eigenvalue weighted by Gasteiger charge is -2.17. The van der Waals surface area contributed by atoms with E-state index in [1.165, 1.54) is 6.20 Å². The molecule has 0 aliphatic carbocycles. The Labute approximate surface area is 98.4 Å². The Balaban J connectivity index is 2.34. The molecule has 0 spiro atoms. The molecule has 7 heteroatoms. The molecule has 6 nitrogen and oxygen atoms in total. The molecule has 0 unspecified atom stereocenters. The minimum absolute atomic E-state index is 0.0744. The lowest BCUT2D eigenvalue weighted by molar-refractivity contribution is -0.380. The van der Waals surface area contributed by atoms with E-state index in [2.05, 4.69) is 29.0 Å². The number of thiazole rings is 1. The van der Waals surface area contributed by atoms with Gasteiger partial charge in [0.05, 0.1) is 4.92 Å². The van der Waals surface area contributed by atoms with Gasteiger partial charge in [-0.25, -0.2) is 4.98 Å². The van der Waals surface area contributed by atoms with E-state index in [0.29, 0.717) is 5.13 Å². The summed E-state index contributed by atoms with van der Waals surface area (Å²) in [6.45, 7) is 7.91. The molecule has 0 aliphatic heterocycles. The molecule has 1 heterocycles. The number of nitrogens with zero attached hydrogens (tertiary/aromatic N) is 3. The van der Waals surface area contributed by atoms with E-state index < -0.39 is 4.92 Å². The van der Waals surface area contributed by atoms with E-state index in [0.717, 1.165) is 37.5 Å². The van der Waals surface area contributed by atoms with Gasteiger partial charge in [-0.2, -0.15) is 0 Å². The molecule has 0 atom stereocenters. The summed E-state index contributed by atoms with van der Waals surface area (Å²) in [5.74, 6) is 0. The Morgan fingerprint density at radius 2 is 2.25 bits per heavy atom. The monoisotopic (exact) mass is 244 g/mol. The van der Waals surface area contributed by atoms with Gasteiger partial charge >= 0.3 is 5.00 Å². The highest BCUT2D eigenvalue weighted by Crippen LogP contribution is 2.24. The fourth-order valence-electron chi connectivity index (χ4n) is 1.29. The first-order chi connectivity index (χ1) is 7.67. The van der Waals surface area contributed by atoms with E-state index in [-0.39, 0.29) is 5.00 Å². The Morgan fingerprint density at radius 3 is 2.75 bits per heavy atom. The maximum Gasteiger partial charge on any atom is 0.345 e. The first kappa shape index (κ1) is 12.9. The zero-order chi connectivity index (χ0) is 12.0. The number of hydrogen-bond acceptors (Lipinski definition) is 6. The number of nitrogens with one attached hydrogen (secondary N) is 1. The Morgan fingerprint density at radius 1 is 1.56 bits per heavy atom. The third kappa shape index (κ3) is 3.74. The molecule has 0 saturated carbocycles. The molecule has 16 heavy (non-hydrogen) atoms. The minimum atomic E-state index is -0.423. The van der Waals surface area contributed by atoms with Crippen molar-refractivity contribution >= 4 is 21.5 Å². The fourth-order valence-corrected chi connectivity index (χ4v) is 1.95. The molecule has 0 aromatic carbocycles. The standard InChI is InChI=1S/C9H16N4O2S/c1-3-12(4-2)6-5-10-9-11-7-8(16-9)13(14)15/h7H,3-6H2,1-2H3,(H,10,11). The lowest BCUT2D eigenvalue weighted by Crippen LogP contribution is -2.28. The van der Waals surface area contributed by atoms with Crippen LogP contribution < -0.4 is 5.32 Å². The zero-order valence-electron chi connectivity index (χ0n) is 9.47. The van der Waals surface area contributed by atoms with Crippen LogP contribution in [0.4, 0.5) is 10.1 Å².